The zero-order valence-electron chi connectivity index (χ0n) is 19.0. The third kappa shape index (κ3) is 6.42. The summed E-state index contributed by atoms with van der Waals surface area (Å²) >= 11 is 11.8. The minimum atomic E-state index is -0.500. The Morgan fingerprint density at radius 3 is 2.53 bits per heavy atom. The van der Waals surface area contributed by atoms with Crippen LogP contribution in [0.5, 0.6) is 0 Å². The highest BCUT2D eigenvalue weighted by molar-refractivity contribution is 6.30. The van der Waals surface area contributed by atoms with Crippen molar-refractivity contribution < 1.29 is 19.1 Å². The number of hydrogen-bond donors (Lipinski definition) is 2. The van der Waals surface area contributed by atoms with E-state index in [9.17, 15) is 9.59 Å². The van der Waals surface area contributed by atoms with Gasteiger partial charge in [0, 0.05) is 41.3 Å². The van der Waals surface area contributed by atoms with Crippen molar-refractivity contribution in [1.29, 1.82) is 0 Å². The number of amides is 1. The Hall–Kier alpha value is -1.70. The molecular formula is C23H33Cl2N3O4. The highest BCUT2D eigenvalue weighted by Crippen LogP contribution is 2.53. The van der Waals surface area contributed by atoms with Crippen LogP contribution in [0.25, 0.3) is 0 Å². The predicted molar refractivity (Wildman–Crippen MR) is 127 cm³/mol. The molecule has 1 aromatic carbocycles. The first kappa shape index (κ1) is 24.9. The van der Waals surface area contributed by atoms with Gasteiger partial charge in [-0.05, 0) is 70.2 Å². The number of fused-ring (bicyclic) bond motifs is 1. The van der Waals surface area contributed by atoms with E-state index in [-0.39, 0.29) is 30.2 Å². The van der Waals surface area contributed by atoms with Crippen LogP contribution >= 0.6 is 23.2 Å². The fraction of sp³-hybridized carbons (Fsp3) is 0.652. The summed E-state index contributed by atoms with van der Waals surface area (Å²) in [6.07, 6.45) is 2.64. The quantitative estimate of drug-likeness (QED) is 0.296. The molecule has 0 aliphatic heterocycles. The highest BCUT2D eigenvalue weighted by atomic mass is 35.5. The van der Waals surface area contributed by atoms with E-state index >= 15 is 0 Å². The molecule has 2 aliphatic rings. The van der Waals surface area contributed by atoms with Crippen molar-refractivity contribution in [3.63, 3.8) is 0 Å². The Kier molecular flexibility index (Phi) is 8.17. The lowest BCUT2D eigenvalue weighted by Crippen LogP contribution is -2.75. The van der Waals surface area contributed by atoms with Crippen LogP contribution in [0.2, 0.25) is 5.02 Å². The van der Waals surface area contributed by atoms with Crippen LogP contribution in [0.15, 0.2) is 24.3 Å². The van der Waals surface area contributed by atoms with E-state index in [4.69, 9.17) is 32.7 Å². The number of carbonyl (C=O) groups is 2. The maximum atomic E-state index is 12.3. The molecule has 0 heterocycles. The number of esters is 1. The normalized spacial score (nSPS) is 23.9. The Labute approximate surface area is 200 Å². The second-order valence-corrected chi connectivity index (χ2v) is 10.3. The van der Waals surface area contributed by atoms with E-state index in [1.165, 1.54) is 0 Å². The molecule has 2 fully saturated rings. The number of ether oxygens (including phenoxy) is 2. The number of halogens is 2. The van der Waals surface area contributed by atoms with Gasteiger partial charge in [-0.15, -0.1) is 11.6 Å². The van der Waals surface area contributed by atoms with Crippen LogP contribution in [0.1, 0.15) is 40.0 Å². The molecule has 1 amide bonds. The van der Waals surface area contributed by atoms with Gasteiger partial charge in [0.15, 0.2) is 0 Å². The molecule has 3 atom stereocenters. The summed E-state index contributed by atoms with van der Waals surface area (Å²) < 4.78 is 10.8. The summed E-state index contributed by atoms with van der Waals surface area (Å²) in [6.45, 7) is 7.11. The van der Waals surface area contributed by atoms with Gasteiger partial charge in [-0.3, -0.25) is 4.79 Å². The zero-order valence-corrected chi connectivity index (χ0v) is 20.5. The molecule has 32 heavy (non-hydrogen) atoms. The summed E-state index contributed by atoms with van der Waals surface area (Å²) in [6, 6.07) is 7.42. The van der Waals surface area contributed by atoms with Crippen molar-refractivity contribution in [2.75, 3.05) is 37.0 Å². The molecule has 2 N–H and O–H groups in total. The van der Waals surface area contributed by atoms with Crippen LogP contribution in [-0.2, 0) is 14.3 Å². The number of nitrogens with zero attached hydrogens (tertiary/aromatic N) is 1. The molecule has 0 radical (unpaired) electrons. The van der Waals surface area contributed by atoms with Gasteiger partial charge in [0.25, 0.3) is 0 Å². The smallest absolute Gasteiger partial charge is 0.407 e. The molecule has 0 spiro atoms. The molecule has 2 aliphatic carbocycles. The van der Waals surface area contributed by atoms with Crippen LogP contribution in [0, 0.1) is 5.92 Å². The van der Waals surface area contributed by atoms with E-state index in [0.717, 1.165) is 24.9 Å². The standard InChI is InChI=1S/C23H33Cl2N3O4/c1-22(2,3)32-21(30)27-19-14-23(9-8-18(19)23)26-11-13-31-20(29)15-28(12-10-24)17-6-4-16(25)5-7-17/h4-7,18-19,26H,8-15H2,1-3H3,(H,27,30). The Balaban J connectivity index is 1.36. The van der Waals surface area contributed by atoms with Gasteiger partial charge in [0.05, 0.1) is 0 Å². The minimum Gasteiger partial charge on any atom is -0.463 e. The molecular weight excluding hydrogens is 453 g/mol. The number of alkyl carbamates (subject to hydrolysis) is 1. The van der Waals surface area contributed by atoms with E-state index in [0.29, 0.717) is 36.5 Å². The van der Waals surface area contributed by atoms with Crippen LogP contribution < -0.4 is 15.5 Å². The predicted octanol–water partition coefficient (Wildman–Crippen LogP) is 3.96. The summed E-state index contributed by atoms with van der Waals surface area (Å²) in [5.74, 6) is 0.502. The topological polar surface area (TPSA) is 79.9 Å². The summed E-state index contributed by atoms with van der Waals surface area (Å²) in [7, 11) is 0. The number of rotatable bonds is 10. The first-order valence-corrected chi connectivity index (χ1v) is 12.0. The molecule has 3 unspecified atom stereocenters. The van der Waals surface area contributed by atoms with Gasteiger partial charge in [-0.1, -0.05) is 11.6 Å². The van der Waals surface area contributed by atoms with Crippen molar-refractivity contribution in [2.45, 2.75) is 57.2 Å². The number of anilines is 1. The lowest BCUT2D eigenvalue weighted by Gasteiger charge is -2.63. The van der Waals surface area contributed by atoms with Crippen molar-refractivity contribution in [1.82, 2.24) is 10.6 Å². The number of alkyl halides is 1. The minimum absolute atomic E-state index is 0.0417. The molecule has 7 nitrogen and oxygen atoms in total. The maximum absolute atomic E-state index is 12.3. The van der Waals surface area contributed by atoms with E-state index in [1.54, 1.807) is 12.1 Å². The van der Waals surface area contributed by atoms with Crippen LogP contribution in [0.4, 0.5) is 10.5 Å². The van der Waals surface area contributed by atoms with Gasteiger partial charge in [-0.25, -0.2) is 4.79 Å². The monoisotopic (exact) mass is 485 g/mol. The number of nitrogens with one attached hydrogen (secondary N) is 2. The number of hydrogen-bond acceptors (Lipinski definition) is 6. The molecule has 9 heteroatoms. The summed E-state index contributed by atoms with van der Waals surface area (Å²) in [5.41, 5.74) is 0.416. The maximum Gasteiger partial charge on any atom is 0.407 e. The van der Waals surface area contributed by atoms with Gasteiger partial charge < -0.3 is 25.0 Å². The fourth-order valence-electron chi connectivity index (χ4n) is 4.50. The Bertz CT molecular complexity index is 799. The number of benzene rings is 1. The molecule has 1 aromatic rings. The average molecular weight is 486 g/mol. The van der Waals surface area contributed by atoms with Crippen LogP contribution in [0.3, 0.4) is 0 Å². The van der Waals surface area contributed by atoms with Gasteiger partial charge in [-0.2, -0.15) is 0 Å². The molecule has 0 bridgehead atoms. The first-order chi connectivity index (χ1) is 15.1. The van der Waals surface area contributed by atoms with Crippen LogP contribution in [-0.4, -0.2) is 61.4 Å². The first-order valence-electron chi connectivity index (χ1n) is 11.1. The Morgan fingerprint density at radius 2 is 1.97 bits per heavy atom. The summed E-state index contributed by atoms with van der Waals surface area (Å²) in [4.78, 5) is 26.2. The SMILES string of the molecule is CC(C)(C)OC(=O)NC1CC2(NCCOC(=O)CN(CCCl)c3ccc(Cl)cc3)CCC12. The second kappa shape index (κ2) is 10.5. The van der Waals surface area contributed by atoms with Crippen molar-refractivity contribution >= 4 is 41.0 Å². The van der Waals surface area contributed by atoms with E-state index in [2.05, 4.69) is 10.6 Å². The van der Waals surface area contributed by atoms with E-state index in [1.807, 2.05) is 37.8 Å². The van der Waals surface area contributed by atoms with Gasteiger partial charge in [0.1, 0.15) is 18.8 Å². The largest absolute Gasteiger partial charge is 0.463 e. The van der Waals surface area contributed by atoms with Gasteiger partial charge >= 0.3 is 12.1 Å². The van der Waals surface area contributed by atoms with Gasteiger partial charge in [0.2, 0.25) is 0 Å². The molecule has 2 saturated carbocycles. The average Bonchev–Trinajstić information content (AvgIpc) is 2.68. The summed E-state index contributed by atoms with van der Waals surface area (Å²) in [5, 5.41) is 7.16. The van der Waals surface area contributed by atoms with Crippen molar-refractivity contribution in [3.8, 4) is 0 Å². The fourth-order valence-corrected chi connectivity index (χ4v) is 4.83. The molecule has 0 aromatic heterocycles. The molecule has 0 saturated heterocycles. The second-order valence-electron chi connectivity index (χ2n) is 9.49. The molecule has 178 valence electrons. The third-order valence-electron chi connectivity index (χ3n) is 6.09. The highest BCUT2D eigenvalue weighted by Gasteiger charge is 2.60. The number of carbonyl (C=O) groups excluding carboxylic acids is 2. The Morgan fingerprint density at radius 1 is 1.25 bits per heavy atom. The zero-order chi connectivity index (χ0) is 23.4. The lowest BCUT2D eigenvalue weighted by molar-refractivity contribution is -0.142. The molecule has 3 rings (SSSR count). The van der Waals surface area contributed by atoms with Crippen molar-refractivity contribution in [3.05, 3.63) is 29.3 Å². The lowest BCUT2D eigenvalue weighted by atomic mass is 9.50. The van der Waals surface area contributed by atoms with Crippen molar-refractivity contribution in [2.24, 2.45) is 5.92 Å². The van der Waals surface area contributed by atoms with E-state index < -0.39 is 5.60 Å². The third-order valence-corrected chi connectivity index (χ3v) is 6.51.